The van der Waals surface area contributed by atoms with Crippen molar-refractivity contribution in [2.75, 3.05) is 13.1 Å². The second kappa shape index (κ2) is 12.8. The number of halogens is 7. The van der Waals surface area contributed by atoms with Gasteiger partial charge in [-0.25, -0.2) is 4.79 Å². The van der Waals surface area contributed by atoms with Crippen LogP contribution < -0.4 is 4.74 Å². The van der Waals surface area contributed by atoms with Gasteiger partial charge in [-0.1, -0.05) is 23.7 Å². The van der Waals surface area contributed by atoms with Crippen LogP contribution in [0, 0.1) is 0 Å². The fourth-order valence-corrected chi connectivity index (χ4v) is 7.08. The summed E-state index contributed by atoms with van der Waals surface area (Å²) in [4.78, 5) is 46.0. The lowest BCUT2D eigenvalue weighted by Crippen LogP contribution is -2.68. The molecule has 1 saturated heterocycles. The van der Waals surface area contributed by atoms with E-state index < -0.39 is 64.0 Å². The van der Waals surface area contributed by atoms with Crippen LogP contribution in [0.3, 0.4) is 0 Å². The molecule has 1 unspecified atom stereocenters. The van der Waals surface area contributed by atoms with Gasteiger partial charge in [0.25, 0.3) is 11.8 Å². The van der Waals surface area contributed by atoms with Gasteiger partial charge in [-0.2, -0.15) is 26.3 Å². The standard InChI is InChI=1S/C31H26ClF6N3O5S/c1-2-5-22-29(46-19-15-23(47-16-19)31(36,37)38,10-4-12-40(22)26(42)24-21(30(33,34)35)6-3-11-39-24)28(45)41-13-9-17-14-18(32)7-8-20(17)25(41)27(43)44/h2-3,6-8,11,14-16,22,25H,1,4-5,9-10,12-13H2,(H,43,44)/t22-,25?,29+/m1/s1. The molecule has 2 amide bonds. The lowest BCUT2D eigenvalue weighted by Gasteiger charge is -2.50. The van der Waals surface area contributed by atoms with Crippen LogP contribution in [0.1, 0.15) is 57.4 Å². The van der Waals surface area contributed by atoms with Crippen molar-refractivity contribution < 1.29 is 50.6 Å². The van der Waals surface area contributed by atoms with Crippen LogP contribution in [0.15, 0.2) is 60.6 Å². The predicted molar refractivity (Wildman–Crippen MR) is 158 cm³/mol. The highest BCUT2D eigenvalue weighted by molar-refractivity contribution is 7.10. The van der Waals surface area contributed by atoms with Crippen molar-refractivity contribution in [2.24, 2.45) is 0 Å². The third-order valence-electron chi connectivity index (χ3n) is 8.17. The quantitative estimate of drug-likeness (QED) is 0.210. The molecule has 2 aliphatic rings. The van der Waals surface area contributed by atoms with Gasteiger partial charge in [-0.3, -0.25) is 14.6 Å². The summed E-state index contributed by atoms with van der Waals surface area (Å²) in [7, 11) is 0. The lowest BCUT2D eigenvalue weighted by atomic mass is 9.79. The Hall–Kier alpha value is -4.11. The van der Waals surface area contributed by atoms with E-state index in [0.717, 1.165) is 27.4 Å². The Labute approximate surface area is 273 Å². The number of carbonyl (C=O) groups excluding carboxylic acids is 2. The highest BCUT2D eigenvalue weighted by Crippen LogP contribution is 2.44. The van der Waals surface area contributed by atoms with E-state index in [0.29, 0.717) is 34.1 Å². The molecule has 0 radical (unpaired) electrons. The minimum Gasteiger partial charge on any atom is -0.479 e. The number of pyridine rings is 1. The number of fused-ring (bicyclic) bond motifs is 1. The number of carboxylic acid groups (broad SMARTS) is 1. The number of ether oxygens (including phenoxy) is 1. The number of hydrogen-bond donors (Lipinski definition) is 1. The number of aromatic nitrogens is 1. The average Bonchev–Trinajstić information content (AvgIpc) is 3.49. The SMILES string of the molecule is C=CC[C@H]1N(C(=O)c2ncccc2C(F)(F)F)CCC[C@@]1(Oc1csc(C(F)(F)F)c1)C(=O)N1CCc2cc(Cl)ccc2C1C(=O)O. The van der Waals surface area contributed by atoms with Gasteiger partial charge in [0.2, 0.25) is 5.60 Å². The van der Waals surface area contributed by atoms with Crippen molar-refractivity contribution in [3.8, 4) is 5.75 Å². The van der Waals surface area contributed by atoms with Crippen molar-refractivity contribution in [2.45, 2.75) is 55.7 Å². The molecule has 3 aromatic rings. The summed E-state index contributed by atoms with van der Waals surface area (Å²) in [6, 6.07) is 3.85. The van der Waals surface area contributed by atoms with Gasteiger partial charge in [-0.05, 0) is 54.7 Å². The normalized spacial score (nSPS) is 21.6. The molecule has 0 bridgehead atoms. The highest BCUT2D eigenvalue weighted by Gasteiger charge is 2.57. The number of carbonyl (C=O) groups is 3. The zero-order chi connectivity index (χ0) is 34.3. The van der Waals surface area contributed by atoms with Crippen LogP contribution in [0.5, 0.6) is 5.75 Å². The summed E-state index contributed by atoms with van der Waals surface area (Å²) in [5.74, 6) is -3.96. The van der Waals surface area contributed by atoms with Crippen LogP contribution in [-0.4, -0.2) is 62.4 Å². The Kier molecular flexibility index (Phi) is 9.34. The number of thiophene rings is 1. The Balaban J connectivity index is 1.65. The summed E-state index contributed by atoms with van der Waals surface area (Å²) in [5.41, 5.74) is -3.69. The van der Waals surface area contributed by atoms with E-state index in [4.69, 9.17) is 16.3 Å². The van der Waals surface area contributed by atoms with E-state index >= 15 is 0 Å². The number of rotatable bonds is 7. The Morgan fingerprint density at radius 2 is 1.85 bits per heavy atom. The number of amides is 2. The van der Waals surface area contributed by atoms with Crippen molar-refractivity contribution >= 4 is 40.7 Å². The van der Waals surface area contributed by atoms with Crippen LogP contribution in [0.25, 0.3) is 0 Å². The van der Waals surface area contributed by atoms with Gasteiger partial charge in [0, 0.05) is 42.2 Å². The number of piperidine rings is 1. The molecule has 1 fully saturated rings. The largest absolute Gasteiger partial charge is 0.479 e. The summed E-state index contributed by atoms with van der Waals surface area (Å²) < 4.78 is 88.6. The average molecular weight is 702 g/mol. The summed E-state index contributed by atoms with van der Waals surface area (Å²) in [6.45, 7) is 3.34. The van der Waals surface area contributed by atoms with Gasteiger partial charge in [0.05, 0.1) is 11.6 Å². The van der Waals surface area contributed by atoms with Gasteiger partial charge in [0.1, 0.15) is 16.3 Å². The monoisotopic (exact) mass is 701 g/mol. The maximum Gasteiger partial charge on any atom is 0.425 e. The van der Waals surface area contributed by atoms with Crippen LogP contribution >= 0.6 is 22.9 Å². The molecular weight excluding hydrogens is 676 g/mol. The first-order valence-corrected chi connectivity index (χ1v) is 15.4. The van der Waals surface area contributed by atoms with Gasteiger partial charge >= 0.3 is 18.3 Å². The highest BCUT2D eigenvalue weighted by atomic mass is 35.5. The van der Waals surface area contributed by atoms with Crippen LogP contribution in [0.4, 0.5) is 26.3 Å². The van der Waals surface area contributed by atoms with Gasteiger partial charge in [-0.15, -0.1) is 17.9 Å². The molecule has 16 heteroatoms. The molecule has 0 saturated carbocycles. The van der Waals surface area contributed by atoms with E-state index in [9.17, 15) is 45.8 Å². The van der Waals surface area contributed by atoms with E-state index in [2.05, 4.69) is 11.6 Å². The first-order valence-electron chi connectivity index (χ1n) is 14.2. The van der Waals surface area contributed by atoms with Gasteiger partial charge in [0.15, 0.2) is 6.04 Å². The zero-order valence-corrected chi connectivity index (χ0v) is 25.8. The summed E-state index contributed by atoms with van der Waals surface area (Å²) in [6.07, 6.45) is -7.75. The molecule has 1 aromatic carbocycles. The number of likely N-dealkylation sites (tertiary alicyclic amines) is 1. The Bertz CT molecular complexity index is 1710. The van der Waals surface area contributed by atoms with Gasteiger partial charge < -0.3 is 19.6 Å². The molecule has 5 rings (SSSR count). The lowest BCUT2D eigenvalue weighted by molar-refractivity contribution is -0.167. The second-order valence-corrected chi connectivity index (χ2v) is 12.4. The minimum absolute atomic E-state index is 0.0344. The molecule has 0 spiro atoms. The third kappa shape index (κ3) is 6.55. The fraction of sp³-hybridized carbons (Fsp3) is 0.355. The molecule has 250 valence electrons. The van der Waals surface area contributed by atoms with Crippen LogP contribution in [-0.2, 0) is 28.4 Å². The Morgan fingerprint density at radius 1 is 1.11 bits per heavy atom. The van der Waals surface area contributed by atoms with E-state index in [-0.39, 0.29) is 50.1 Å². The number of nitrogens with zero attached hydrogens (tertiary/aromatic N) is 3. The zero-order valence-electron chi connectivity index (χ0n) is 24.3. The van der Waals surface area contributed by atoms with E-state index in [1.807, 2.05) is 0 Å². The fourth-order valence-electron chi connectivity index (χ4n) is 6.21. The topological polar surface area (TPSA) is 100 Å². The number of benzene rings is 1. The van der Waals surface area contributed by atoms with Crippen molar-refractivity contribution in [1.82, 2.24) is 14.8 Å². The number of aliphatic carboxylic acids is 1. The number of hydrogen-bond acceptors (Lipinski definition) is 6. The van der Waals surface area contributed by atoms with Crippen molar-refractivity contribution in [3.63, 3.8) is 0 Å². The molecular formula is C31H26ClF6N3O5S. The molecule has 2 aromatic heterocycles. The number of alkyl halides is 6. The van der Waals surface area contributed by atoms with Crippen molar-refractivity contribution in [1.29, 1.82) is 0 Å². The third-order valence-corrected chi connectivity index (χ3v) is 9.36. The second-order valence-electron chi connectivity index (χ2n) is 11.0. The molecule has 1 N–H and O–H groups in total. The smallest absolute Gasteiger partial charge is 0.425 e. The van der Waals surface area contributed by atoms with Crippen LogP contribution in [0.2, 0.25) is 5.02 Å². The molecule has 8 nitrogen and oxygen atoms in total. The molecule has 0 aliphatic carbocycles. The maximum absolute atomic E-state index is 14.8. The first-order chi connectivity index (χ1) is 22.1. The minimum atomic E-state index is -4.96. The molecule has 47 heavy (non-hydrogen) atoms. The maximum atomic E-state index is 14.8. The van der Waals surface area contributed by atoms with E-state index in [1.54, 1.807) is 6.07 Å². The molecule has 3 atom stereocenters. The summed E-state index contributed by atoms with van der Waals surface area (Å²) in [5, 5.41) is 11.7. The first kappa shape index (κ1) is 34.2. The van der Waals surface area contributed by atoms with E-state index in [1.165, 1.54) is 18.2 Å². The molecule has 2 aliphatic heterocycles. The molecule has 4 heterocycles. The Morgan fingerprint density at radius 3 is 2.49 bits per heavy atom. The predicted octanol–water partition coefficient (Wildman–Crippen LogP) is 7.04. The number of carboxylic acids is 1. The van der Waals surface area contributed by atoms with Crippen molar-refractivity contribution in [3.05, 3.63) is 92.9 Å². The summed E-state index contributed by atoms with van der Waals surface area (Å²) >= 11 is 6.41.